The van der Waals surface area contributed by atoms with Crippen LogP contribution in [0.25, 0.3) is 0 Å². The minimum absolute atomic E-state index is 0.488. The van der Waals surface area contributed by atoms with Gasteiger partial charge in [0.25, 0.3) is 0 Å². The summed E-state index contributed by atoms with van der Waals surface area (Å²) in [6, 6.07) is 0. The minimum Gasteiger partial charge on any atom is -0.385 e. The summed E-state index contributed by atoms with van der Waals surface area (Å²) in [6.07, 6.45) is 5.03. The number of nitrogens with two attached hydrogens (primary N) is 3. The zero-order valence-corrected chi connectivity index (χ0v) is 4.96. The SMILES string of the molecule is NC1=CC=CC(N)(N)N1. The highest BCUT2D eigenvalue weighted by molar-refractivity contribution is 5.20. The second-order valence-corrected chi connectivity index (χ2v) is 2.04. The second-order valence-electron chi connectivity index (χ2n) is 2.04. The van der Waals surface area contributed by atoms with Gasteiger partial charge in [-0.15, -0.1) is 0 Å². The molecule has 0 fully saturated rings. The fourth-order valence-corrected chi connectivity index (χ4v) is 0.644. The van der Waals surface area contributed by atoms with Crippen molar-refractivity contribution < 1.29 is 0 Å². The van der Waals surface area contributed by atoms with E-state index in [1.54, 1.807) is 18.2 Å². The van der Waals surface area contributed by atoms with Gasteiger partial charge < -0.3 is 11.1 Å². The Morgan fingerprint density at radius 1 is 1.44 bits per heavy atom. The second kappa shape index (κ2) is 1.75. The first-order valence-electron chi connectivity index (χ1n) is 2.61. The molecule has 1 heterocycles. The maximum Gasteiger partial charge on any atom is 0.160 e. The molecule has 0 radical (unpaired) electrons. The van der Waals surface area contributed by atoms with Crippen LogP contribution in [0.2, 0.25) is 0 Å². The van der Waals surface area contributed by atoms with E-state index in [0.29, 0.717) is 5.82 Å². The van der Waals surface area contributed by atoms with Gasteiger partial charge >= 0.3 is 0 Å². The van der Waals surface area contributed by atoms with Crippen LogP contribution in [0.4, 0.5) is 0 Å². The summed E-state index contributed by atoms with van der Waals surface area (Å²) in [4.78, 5) is 0. The van der Waals surface area contributed by atoms with Crippen molar-refractivity contribution in [2.75, 3.05) is 0 Å². The van der Waals surface area contributed by atoms with E-state index < -0.39 is 5.79 Å². The topological polar surface area (TPSA) is 90.1 Å². The number of rotatable bonds is 0. The number of allylic oxidation sites excluding steroid dienone is 2. The molecule has 0 saturated carbocycles. The van der Waals surface area contributed by atoms with Crippen molar-refractivity contribution in [3.63, 3.8) is 0 Å². The standard InChI is InChI=1S/C5H10N4/c6-4-2-1-3-5(7,8)9-4/h1-3,9H,6-8H2. The van der Waals surface area contributed by atoms with E-state index in [1.165, 1.54) is 0 Å². The first kappa shape index (κ1) is 6.12. The minimum atomic E-state index is -0.973. The Labute approximate surface area is 53.4 Å². The summed E-state index contributed by atoms with van der Waals surface area (Å²) < 4.78 is 0. The van der Waals surface area contributed by atoms with Crippen LogP contribution in [-0.4, -0.2) is 5.79 Å². The van der Waals surface area contributed by atoms with Crippen molar-refractivity contribution in [1.29, 1.82) is 0 Å². The molecular formula is C5H10N4. The van der Waals surface area contributed by atoms with Gasteiger partial charge in [0.15, 0.2) is 5.79 Å². The van der Waals surface area contributed by atoms with Crippen LogP contribution < -0.4 is 22.5 Å². The zero-order valence-electron chi connectivity index (χ0n) is 4.96. The van der Waals surface area contributed by atoms with Crippen molar-refractivity contribution in [3.05, 3.63) is 24.0 Å². The Hall–Kier alpha value is -1.00. The van der Waals surface area contributed by atoms with Gasteiger partial charge in [-0.05, 0) is 12.2 Å². The Kier molecular flexibility index (Phi) is 1.19. The molecule has 0 bridgehead atoms. The maximum absolute atomic E-state index is 5.43. The summed E-state index contributed by atoms with van der Waals surface area (Å²) in [6.45, 7) is 0. The summed E-state index contributed by atoms with van der Waals surface area (Å²) in [5.41, 5.74) is 16.2. The number of nitrogens with one attached hydrogen (secondary N) is 1. The molecule has 0 aromatic carbocycles. The van der Waals surface area contributed by atoms with Crippen LogP contribution >= 0.6 is 0 Å². The lowest BCUT2D eigenvalue weighted by Crippen LogP contribution is -2.60. The molecule has 0 saturated heterocycles. The molecule has 0 aromatic rings. The van der Waals surface area contributed by atoms with E-state index in [2.05, 4.69) is 5.32 Å². The van der Waals surface area contributed by atoms with Crippen molar-refractivity contribution >= 4 is 0 Å². The molecule has 0 aromatic heterocycles. The summed E-state index contributed by atoms with van der Waals surface area (Å²) in [5, 5.41) is 2.66. The van der Waals surface area contributed by atoms with Gasteiger partial charge in [0.2, 0.25) is 0 Å². The Balaban J connectivity index is 2.73. The number of hydrogen-bond donors (Lipinski definition) is 4. The average molecular weight is 126 g/mol. The Morgan fingerprint density at radius 2 is 2.11 bits per heavy atom. The molecule has 4 heteroatoms. The third-order valence-electron chi connectivity index (χ3n) is 1.01. The van der Waals surface area contributed by atoms with Crippen molar-refractivity contribution in [1.82, 2.24) is 5.32 Å². The molecule has 1 aliphatic heterocycles. The molecule has 0 unspecified atom stereocenters. The van der Waals surface area contributed by atoms with Crippen LogP contribution in [0.3, 0.4) is 0 Å². The van der Waals surface area contributed by atoms with E-state index >= 15 is 0 Å². The molecule has 4 nitrogen and oxygen atoms in total. The third-order valence-corrected chi connectivity index (χ3v) is 1.01. The highest BCUT2D eigenvalue weighted by Crippen LogP contribution is 1.97. The van der Waals surface area contributed by atoms with Crippen LogP contribution in [0.15, 0.2) is 24.0 Å². The smallest absolute Gasteiger partial charge is 0.160 e. The fraction of sp³-hybridized carbons (Fsp3) is 0.200. The lowest BCUT2D eigenvalue weighted by atomic mass is 10.2. The number of dihydropyridines is 1. The first-order valence-corrected chi connectivity index (χ1v) is 2.61. The Bertz CT molecular complexity index is 168. The summed E-state index contributed by atoms with van der Waals surface area (Å²) >= 11 is 0. The van der Waals surface area contributed by atoms with Crippen molar-refractivity contribution in [2.45, 2.75) is 5.79 Å². The highest BCUT2D eigenvalue weighted by atomic mass is 15.2. The predicted octanol–water partition coefficient (Wildman–Crippen LogP) is -1.48. The van der Waals surface area contributed by atoms with Gasteiger partial charge in [-0.3, -0.25) is 11.5 Å². The van der Waals surface area contributed by atoms with Crippen molar-refractivity contribution in [3.8, 4) is 0 Å². The molecule has 0 amide bonds. The predicted molar refractivity (Wildman–Crippen MR) is 35.7 cm³/mol. The Morgan fingerprint density at radius 3 is 2.44 bits per heavy atom. The molecule has 50 valence electrons. The molecule has 0 atom stereocenters. The molecule has 7 N–H and O–H groups in total. The quantitative estimate of drug-likeness (QED) is 0.298. The monoisotopic (exact) mass is 126 g/mol. The van der Waals surface area contributed by atoms with Crippen LogP contribution in [0.5, 0.6) is 0 Å². The van der Waals surface area contributed by atoms with Gasteiger partial charge in [-0.1, -0.05) is 6.08 Å². The van der Waals surface area contributed by atoms with Gasteiger partial charge in [0.05, 0.1) is 5.82 Å². The molecule has 0 aliphatic carbocycles. The van der Waals surface area contributed by atoms with Gasteiger partial charge in [-0.2, -0.15) is 0 Å². The van der Waals surface area contributed by atoms with E-state index in [-0.39, 0.29) is 0 Å². The van der Waals surface area contributed by atoms with Gasteiger partial charge in [-0.25, -0.2) is 0 Å². The first-order chi connectivity index (χ1) is 4.10. The van der Waals surface area contributed by atoms with E-state index in [1.807, 2.05) is 0 Å². The molecule has 9 heavy (non-hydrogen) atoms. The van der Waals surface area contributed by atoms with Crippen molar-refractivity contribution in [2.24, 2.45) is 17.2 Å². The fourth-order valence-electron chi connectivity index (χ4n) is 0.644. The molecule has 1 rings (SSSR count). The van der Waals surface area contributed by atoms with Gasteiger partial charge in [0, 0.05) is 0 Å². The molecular weight excluding hydrogens is 116 g/mol. The van der Waals surface area contributed by atoms with E-state index in [0.717, 1.165) is 0 Å². The largest absolute Gasteiger partial charge is 0.385 e. The lowest BCUT2D eigenvalue weighted by molar-refractivity contribution is 0.468. The maximum atomic E-state index is 5.43. The highest BCUT2D eigenvalue weighted by Gasteiger charge is 2.15. The number of hydrogen-bond acceptors (Lipinski definition) is 4. The van der Waals surface area contributed by atoms with Crippen LogP contribution in [-0.2, 0) is 0 Å². The normalized spacial score (nSPS) is 22.7. The van der Waals surface area contributed by atoms with Crippen LogP contribution in [0, 0.1) is 0 Å². The third kappa shape index (κ3) is 1.45. The average Bonchev–Trinajstić information content (AvgIpc) is 1.60. The summed E-state index contributed by atoms with van der Waals surface area (Å²) in [5.74, 6) is -0.485. The van der Waals surface area contributed by atoms with Gasteiger partial charge in [0.1, 0.15) is 0 Å². The lowest BCUT2D eigenvalue weighted by Gasteiger charge is -2.25. The van der Waals surface area contributed by atoms with E-state index in [9.17, 15) is 0 Å². The zero-order chi connectivity index (χ0) is 6.91. The van der Waals surface area contributed by atoms with Crippen LogP contribution in [0.1, 0.15) is 0 Å². The molecule has 1 aliphatic rings. The summed E-state index contributed by atoms with van der Waals surface area (Å²) in [7, 11) is 0. The van der Waals surface area contributed by atoms with E-state index in [4.69, 9.17) is 17.2 Å². The molecule has 0 spiro atoms.